The highest BCUT2D eigenvalue weighted by molar-refractivity contribution is 5.96. The van der Waals surface area contributed by atoms with Gasteiger partial charge in [0.05, 0.1) is 5.56 Å². The van der Waals surface area contributed by atoms with Crippen LogP contribution in [-0.2, 0) is 0 Å². The molecule has 0 bridgehead atoms. The summed E-state index contributed by atoms with van der Waals surface area (Å²) in [5.41, 5.74) is 2.39. The minimum Gasteiger partial charge on any atom is -0.507 e. The van der Waals surface area contributed by atoms with Gasteiger partial charge in [-0.3, -0.25) is 4.79 Å². The number of aryl methyl sites for hydroxylation is 1. The molecule has 0 saturated heterocycles. The Balaban J connectivity index is 2.70. The summed E-state index contributed by atoms with van der Waals surface area (Å²) in [4.78, 5) is 11.7. The van der Waals surface area contributed by atoms with E-state index in [1.807, 2.05) is 26.8 Å². The van der Waals surface area contributed by atoms with Gasteiger partial charge >= 0.3 is 0 Å². The molecule has 3 nitrogen and oxygen atoms in total. The van der Waals surface area contributed by atoms with Gasteiger partial charge in [-0.2, -0.15) is 0 Å². The van der Waals surface area contributed by atoms with E-state index in [2.05, 4.69) is 5.32 Å². The molecule has 0 radical (unpaired) electrons. The molecule has 0 aliphatic rings. The highest BCUT2D eigenvalue weighted by Crippen LogP contribution is 2.17. The number of amides is 1. The van der Waals surface area contributed by atoms with Crippen LogP contribution < -0.4 is 5.32 Å². The lowest BCUT2D eigenvalue weighted by molar-refractivity contribution is 0.0955. The molecule has 0 aliphatic carbocycles. The Kier molecular flexibility index (Phi) is 4.11. The molecule has 0 atom stereocenters. The first-order chi connectivity index (χ1) is 7.50. The van der Waals surface area contributed by atoms with Gasteiger partial charge in [-0.05, 0) is 38.5 Å². The van der Waals surface area contributed by atoms with Crippen LogP contribution in [0.5, 0.6) is 5.75 Å². The van der Waals surface area contributed by atoms with Gasteiger partial charge in [-0.25, -0.2) is 0 Å². The fraction of sp³-hybridized carbons (Fsp3) is 0.308. The molecular formula is C13H17NO2. The van der Waals surface area contributed by atoms with Crippen molar-refractivity contribution in [3.63, 3.8) is 0 Å². The topological polar surface area (TPSA) is 49.3 Å². The van der Waals surface area contributed by atoms with E-state index in [1.54, 1.807) is 18.2 Å². The van der Waals surface area contributed by atoms with Crippen molar-refractivity contribution in [2.45, 2.75) is 20.8 Å². The average Bonchev–Trinajstić information content (AvgIpc) is 2.16. The molecule has 0 aliphatic heterocycles. The molecule has 0 spiro atoms. The molecule has 1 aromatic carbocycles. The summed E-state index contributed by atoms with van der Waals surface area (Å²) in [6, 6.07) is 5.01. The zero-order chi connectivity index (χ0) is 12.1. The Labute approximate surface area is 95.8 Å². The quantitative estimate of drug-likeness (QED) is 0.767. The van der Waals surface area contributed by atoms with E-state index in [0.717, 1.165) is 11.1 Å². The highest BCUT2D eigenvalue weighted by atomic mass is 16.3. The van der Waals surface area contributed by atoms with Crippen molar-refractivity contribution in [3.05, 3.63) is 41.0 Å². The fourth-order valence-electron chi connectivity index (χ4n) is 1.28. The molecule has 1 rings (SSSR count). The molecule has 0 fully saturated rings. The summed E-state index contributed by atoms with van der Waals surface area (Å²) >= 11 is 0. The number of benzene rings is 1. The van der Waals surface area contributed by atoms with Gasteiger partial charge in [0.15, 0.2) is 0 Å². The van der Waals surface area contributed by atoms with Gasteiger partial charge in [-0.15, -0.1) is 0 Å². The van der Waals surface area contributed by atoms with Crippen LogP contribution >= 0.6 is 0 Å². The second-order valence-electron chi connectivity index (χ2n) is 4.01. The number of carbonyl (C=O) groups is 1. The van der Waals surface area contributed by atoms with Crippen molar-refractivity contribution in [1.29, 1.82) is 0 Å². The van der Waals surface area contributed by atoms with Gasteiger partial charge in [0.25, 0.3) is 5.91 Å². The Morgan fingerprint density at radius 3 is 2.69 bits per heavy atom. The normalized spacial score (nSPS) is 9.69. The van der Waals surface area contributed by atoms with Crippen molar-refractivity contribution in [2.24, 2.45) is 0 Å². The molecule has 16 heavy (non-hydrogen) atoms. The van der Waals surface area contributed by atoms with Crippen LogP contribution in [0.1, 0.15) is 29.8 Å². The second kappa shape index (κ2) is 5.35. The fourth-order valence-corrected chi connectivity index (χ4v) is 1.28. The third-order valence-corrected chi connectivity index (χ3v) is 2.17. The van der Waals surface area contributed by atoms with Crippen LogP contribution in [0.2, 0.25) is 0 Å². The van der Waals surface area contributed by atoms with E-state index in [-0.39, 0.29) is 11.7 Å². The number of aromatic hydroxyl groups is 1. The Bertz CT molecular complexity index is 418. The first kappa shape index (κ1) is 12.3. The minimum atomic E-state index is -0.255. The largest absolute Gasteiger partial charge is 0.507 e. The van der Waals surface area contributed by atoms with Crippen LogP contribution in [-0.4, -0.2) is 17.6 Å². The first-order valence-corrected chi connectivity index (χ1v) is 5.22. The number of phenols is 1. The summed E-state index contributed by atoms with van der Waals surface area (Å²) < 4.78 is 0. The molecule has 0 unspecified atom stereocenters. The summed E-state index contributed by atoms with van der Waals surface area (Å²) in [5, 5.41) is 12.3. The smallest absolute Gasteiger partial charge is 0.255 e. The predicted octanol–water partition coefficient (Wildman–Crippen LogP) is 2.40. The second-order valence-corrected chi connectivity index (χ2v) is 4.01. The van der Waals surface area contributed by atoms with Crippen LogP contribution in [0.3, 0.4) is 0 Å². The maximum atomic E-state index is 11.7. The SMILES string of the molecule is CC(C)=CCNC(=O)c1ccc(C)cc1O. The molecule has 1 amide bonds. The van der Waals surface area contributed by atoms with E-state index in [1.165, 1.54) is 0 Å². The lowest BCUT2D eigenvalue weighted by Gasteiger charge is -2.05. The molecule has 0 aromatic heterocycles. The lowest BCUT2D eigenvalue weighted by Crippen LogP contribution is -2.23. The maximum absolute atomic E-state index is 11.7. The summed E-state index contributed by atoms with van der Waals surface area (Å²) in [6.45, 7) is 6.28. The van der Waals surface area contributed by atoms with Gasteiger partial charge in [-0.1, -0.05) is 17.7 Å². The molecule has 1 aromatic rings. The molecule has 86 valence electrons. The van der Waals surface area contributed by atoms with E-state index < -0.39 is 0 Å². The first-order valence-electron chi connectivity index (χ1n) is 5.22. The summed E-state index contributed by atoms with van der Waals surface area (Å²) in [6.07, 6.45) is 1.92. The van der Waals surface area contributed by atoms with Gasteiger partial charge in [0.2, 0.25) is 0 Å². The number of allylic oxidation sites excluding steroid dienone is 1. The van der Waals surface area contributed by atoms with E-state index >= 15 is 0 Å². The van der Waals surface area contributed by atoms with Crippen LogP contribution in [0.25, 0.3) is 0 Å². The third-order valence-electron chi connectivity index (χ3n) is 2.17. The van der Waals surface area contributed by atoms with Crippen LogP contribution in [0.15, 0.2) is 29.8 Å². The molecule has 0 saturated carbocycles. The van der Waals surface area contributed by atoms with E-state index in [4.69, 9.17) is 0 Å². The zero-order valence-electron chi connectivity index (χ0n) is 9.87. The number of carbonyl (C=O) groups excluding carboxylic acids is 1. The highest BCUT2D eigenvalue weighted by Gasteiger charge is 2.09. The number of hydrogen-bond donors (Lipinski definition) is 2. The Morgan fingerprint density at radius 1 is 1.44 bits per heavy atom. The maximum Gasteiger partial charge on any atom is 0.255 e. The number of rotatable bonds is 3. The van der Waals surface area contributed by atoms with Crippen LogP contribution in [0, 0.1) is 6.92 Å². The van der Waals surface area contributed by atoms with Gasteiger partial charge in [0, 0.05) is 6.54 Å². The molecule has 0 heterocycles. The van der Waals surface area contributed by atoms with Crippen molar-refractivity contribution in [3.8, 4) is 5.75 Å². The van der Waals surface area contributed by atoms with Crippen molar-refractivity contribution < 1.29 is 9.90 Å². The average molecular weight is 219 g/mol. The standard InChI is InChI=1S/C13H17NO2/c1-9(2)6-7-14-13(16)11-5-4-10(3)8-12(11)15/h4-6,8,15H,7H2,1-3H3,(H,14,16). The van der Waals surface area contributed by atoms with E-state index in [9.17, 15) is 9.90 Å². The number of nitrogens with one attached hydrogen (secondary N) is 1. The summed E-state index contributed by atoms with van der Waals surface area (Å²) in [5.74, 6) is -0.232. The van der Waals surface area contributed by atoms with Gasteiger partial charge < -0.3 is 10.4 Å². The number of phenolic OH excluding ortho intramolecular Hbond substituents is 1. The van der Waals surface area contributed by atoms with Crippen molar-refractivity contribution in [2.75, 3.05) is 6.54 Å². The lowest BCUT2D eigenvalue weighted by atomic mass is 10.1. The zero-order valence-corrected chi connectivity index (χ0v) is 9.87. The minimum absolute atomic E-state index is 0.0229. The van der Waals surface area contributed by atoms with E-state index in [0.29, 0.717) is 12.1 Å². The molecule has 3 heteroatoms. The third kappa shape index (κ3) is 3.42. The monoisotopic (exact) mass is 219 g/mol. The predicted molar refractivity (Wildman–Crippen MR) is 64.6 cm³/mol. The molecular weight excluding hydrogens is 202 g/mol. The Morgan fingerprint density at radius 2 is 2.12 bits per heavy atom. The summed E-state index contributed by atoms with van der Waals surface area (Å²) in [7, 11) is 0. The Hall–Kier alpha value is -1.77. The van der Waals surface area contributed by atoms with Crippen molar-refractivity contribution >= 4 is 5.91 Å². The van der Waals surface area contributed by atoms with Gasteiger partial charge in [0.1, 0.15) is 5.75 Å². The number of hydrogen-bond acceptors (Lipinski definition) is 2. The molecule has 2 N–H and O–H groups in total. The van der Waals surface area contributed by atoms with Crippen LogP contribution in [0.4, 0.5) is 0 Å². The van der Waals surface area contributed by atoms with Crippen molar-refractivity contribution in [1.82, 2.24) is 5.32 Å².